The van der Waals surface area contributed by atoms with Crippen LogP contribution in [0.2, 0.25) is 0 Å². The highest BCUT2D eigenvalue weighted by Gasteiger charge is 2.08. The summed E-state index contributed by atoms with van der Waals surface area (Å²) in [6, 6.07) is 21.0. The van der Waals surface area contributed by atoms with Gasteiger partial charge in [0.1, 0.15) is 11.5 Å². The molecule has 0 amide bonds. The molecule has 0 aliphatic heterocycles. The van der Waals surface area contributed by atoms with Crippen molar-refractivity contribution in [2.45, 2.75) is 13.1 Å². The minimum absolute atomic E-state index is 0.198. The minimum atomic E-state index is 0.198. The van der Waals surface area contributed by atoms with Crippen LogP contribution in [0.25, 0.3) is 0 Å². The summed E-state index contributed by atoms with van der Waals surface area (Å²) in [5.74, 6) is 2.42. The molecule has 0 unspecified atom stereocenters. The second-order valence-electron chi connectivity index (χ2n) is 6.45. The fourth-order valence-corrected chi connectivity index (χ4v) is 2.69. The summed E-state index contributed by atoms with van der Waals surface area (Å²) >= 11 is 0. The Bertz CT molecular complexity index is 1110. The van der Waals surface area contributed by atoms with Gasteiger partial charge in [-0.2, -0.15) is 20.1 Å². The first kappa shape index (κ1) is 20.0. The van der Waals surface area contributed by atoms with Gasteiger partial charge in [-0.25, -0.2) is 0 Å². The molecule has 2 aromatic heterocycles. The molecule has 0 saturated heterocycles. The van der Waals surface area contributed by atoms with Crippen molar-refractivity contribution in [2.75, 3.05) is 17.7 Å². The molecule has 4 aromatic rings. The molecule has 9 heteroatoms. The predicted octanol–water partition coefficient (Wildman–Crippen LogP) is 5.11. The number of hydrogen-bond acceptors (Lipinski definition) is 9. The maximum absolute atomic E-state index is 5.34. The van der Waals surface area contributed by atoms with E-state index >= 15 is 0 Å². The summed E-state index contributed by atoms with van der Waals surface area (Å²) in [6.45, 7) is 0.864. The van der Waals surface area contributed by atoms with Gasteiger partial charge in [0, 0.05) is 5.69 Å². The molecular weight excluding hydrogens is 394 g/mol. The number of nitrogens with one attached hydrogen (secondary N) is 2. The third kappa shape index (κ3) is 5.86. The topological polar surface area (TPSA) is 110 Å². The van der Waals surface area contributed by atoms with Crippen LogP contribution in [0, 0.1) is 0 Å². The van der Waals surface area contributed by atoms with Crippen LogP contribution >= 0.6 is 0 Å². The molecule has 9 nitrogen and oxygen atoms in total. The van der Waals surface area contributed by atoms with E-state index in [1.807, 2.05) is 66.7 Å². The fourth-order valence-electron chi connectivity index (χ4n) is 2.69. The monoisotopic (exact) mass is 415 g/mol. The van der Waals surface area contributed by atoms with Crippen LogP contribution in [-0.2, 0) is 13.1 Å². The molecule has 0 aliphatic carbocycles. The van der Waals surface area contributed by atoms with E-state index in [0.717, 1.165) is 22.8 Å². The molecule has 0 aliphatic rings. The summed E-state index contributed by atoms with van der Waals surface area (Å²) in [5.41, 5.74) is 1.85. The Labute approximate surface area is 179 Å². The van der Waals surface area contributed by atoms with Crippen molar-refractivity contribution in [3.8, 4) is 5.75 Å². The highest BCUT2D eigenvalue weighted by atomic mass is 16.5. The van der Waals surface area contributed by atoms with Gasteiger partial charge in [-0.15, -0.1) is 5.11 Å². The average Bonchev–Trinajstić information content (AvgIpc) is 3.33. The first-order valence-electron chi connectivity index (χ1n) is 9.63. The van der Waals surface area contributed by atoms with Crippen molar-refractivity contribution in [1.82, 2.24) is 15.0 Å². The smallest absolute Gasteiger partial charge is 0.275 e. The van der Waals surface area contributed by atoms with Crippen molar-refractivity contribution in [3.63, 3.8) is 0 Å². The van der Waals surface area contributed by atoms with Crippen LogP contribution in [0.5, 0.6) is 5.75 Å². The lowest BCUT2D eigenvalue weighted by molar-refractivity contribution is 0.415. The number of methoxy groups -OCH3 is 1. The highest BCUT2D eigenvalue weighted by molar-refractivity contribution is 5.56. The third-order valence-electron chi connectivity index (χ3n) is 4.23. The predicted molar refractivity (Wildman–Crippen MR) is 117 cm³/mol. The van der Waals surface area contributed by atoms with Crippen LogP contribution in [0.4, 0.5) is 23.5 Å². The molecule has 0 radical (unpaired) electrons. The minimum Gasteiger partial charge on any atom is -0.497 e. The number of anilines is 3. The maximum atomic E-state index is 5.34. The molecule has 31 heavy (non-hydrogen) atoms. The number of rotatable bonds is 9. The van der Waals surface area contributed by atoms with Crippen LogP contribution in [0.3, 0.4) is 0 Å². The van der Waals surface area contributed by atoms with E-state index in [9.17, 15) is 0 Å². The van der Waals surface area contributed by atoms with Gasteiger partial charge in [0.05, 0.1) is 26.5 Å². The molecule has 0 fully saturated rings. The SMILES string of the molecule is COc1ccc(Nc2nc(N=NCc3ccccc3)nc(NCc3ccco3)n2)cc1. The molecule has 0 bridgehead atoms. The zero-order valence-corrected chi connectivity index (χ0v) is 16.9. The molecule has 0 spiro atoms. The zero-order chi connectivity index (χ0) is 21.3. The van der Waals surface area contributed by atoms with Gasteiger partial charge < -0.3 is 19.8 Å². The normalized spacial score (nSPS) is 10.9. The van der Waals surface area contributed by atoms with E-state index in [0.29, 0.717) is 25.0 Å². The molecule has 4 rings (SSSR count). The number of nitrogens with zero attached hydrogens (tertiary/aromatic N) is 5. The molecule has 2 N–H and O–H groups in total. The summed E-state index contributed by atoms with van der Waals surface area (Å²) in [6.07, 6.45) is 1.62. The van der Waals surface area contributed by atoms with Crippen molar-refractivity contribution in [2.24, 2.45) is 10.2 Å². The second kappa shape index (κ2) is 9.97. The van der Waals surface area contributed by atoms with Gasteiger partial charge in [0.2, 0.25) is 11.9 Å². The molecular formula is C22H21N7O2. The first-order valence-corrected chi connectivity index (χ1v) is 9.63. The molecule has 2 aromatic carbocycles. The van der Waals surface area contributed by atoms with Crippen molar-refractivity contribution in [3.05, 3.63) is 84.3 Å². The van der Waals surface area contributed by atoms with Gasteiger partial charge in [0.15, 0.2) is 0 Å². The Morgan fingerprint density at radius 2 is 1.71 bits per heavy atom. The largest absolute Gasteiger partial charge is 0.497 e. The number of azo groups is 1. The Balaban J connectivity index is 1.53. The van der Waals surface area contributed by atoms with E-state index < -0.39 is 0 Å². The summed E-state index contributed by atoms with van der Waals surface area (Å²) < 4.78 is 10.5. The van der Waals surface area contributed by atoms with Crippen LogP contribution in [-0.4, -0.2) is 22.1 Å². The van der Waals surface area contributed by atoms with Crippen molar-refractivity contribution >= 4 is 23.5 Å². The first-order chi connectivity index (χ1) is 15.3. The fraction of sp³-hybridized carbons (Fsp3) is 0.136. The van der Waals surface area contributed by atoms with E-state index in [4.69, 9.17) is 9.15 Å². The highest BCUT2D eigenvalue weighted by Crippen LogP contribution is 2.20. The lowest BCUT2D eigenvalue weighted by atomic mass is 10.2. The standard InChI is InChI=1S/C22H21N7O2/c1-30-18-11-9-17(10-12-18)25-21-26-20(23-15-19-8-5-13-31-19)27-22(28-21)29-24-14-16-6-3-2-4-7-16/h2-13H,14-15H2,1H3,(H2,23,25,26,27,28). The van der Waals surface area contributed by atoms with Crippen LogP contribution in [0.15, 0.2) is 87.6 Å². The van der Waals surface area contributed by atoms with Crippen LogP contribution in [0.1, 0.15) is 11.3 Å². The number of ether oxygens (including phenoxy) is 1. The van der Waals surface area contributed by atoms with Gasteiger partial charge in [-0.05, 0) is 42.0 Å². The van der Waals surface area contributed by atoms with Crippen molar-refractivity contribution < 1.29 is 9.15 Å². The number of furan rings is 1. The Morgan fingerprint density at radius 3 is 2.45 bits per heavy atom. The summed E-state index contributed by atoms with van der Waals surface area (Å²) in [5, 5.41) is 14.7. The van der Waals surface area contributed by atoms with Gasteiger partial charge in [0.25, 0.3) is 5.95 Å². The summed E-state index contributed by atoms with van der Waals surface area (Å²) in [4.78, 5) is 13.1. The second-order valence-corrected chi connectivity index (χ2v) is 6.45. The van der Waals surface area contributed by atoms with Gasteiger partial charge in [-0.1, -0.05) is 30.3 Å². The lowest BCUT2D eigenvalue weighted by Gasteiger charge is -2.08. The molecule has 0 saturated carbocycles. The Kier molecular flexibility index (Phi) is 6.44. The Morgan fingerprint density at radius 1 is 0.903 bits per heavy atom. The Hall–Kier alpha value is -4.27. The molecule has 156 valence electrons. The van der Waals surface area contributed by atoms with E-state index in [1.54, 1.807) is 13.4 Å². The maximum Gasteiger partial charge on any atom is 0.275 e. The van der Waals surface area contributed by atoms with E-state index in [2.05, 4.69) is 35.8 Å². The molecule has 0 atom stereocenters. The number of benzene rings is 2. The lowest BCUT2D eigenvalue weighted by Crippen LogP contribution is -2.06. The third-order valence-corrected chi connectivity index (χ3v) is 4.23. The van der Waals surface area contributed by atoms with Crippen LogP contribution < -0.4 is 15.4 Å². The van der Waals surface area contributed by atoms with E-state index in [1.165, 1.54) is 0 Å². The molecule has 2 heterocycles. The average molecular weight is 415 g/mol. The zero-order valence-electron chi connectivity index (χ0n) is 16.9. The van der Waals surface area contributed by atoms with Crippen molar-refractivity contribution in [1.29, 1.82) is 0 Å². The summed E-state index contributed by atoms with van der Waals surface area (Å²) in [7, 11) is 1.62. The number of hydrogen-bond donors (Lipinski definition) is 2. The van der Waals surface area contributed by atoms with Gasteiger partial charge in [-0.3, -0.25) is 0 Å². The number of aromatic nitrogens is 3. The van der Waals surface area contributed by atoms with E-state index in [-0.39, 0.29) is 5.95 Å². The van der Waals surface area contributed by atoms with Gasteiger partial charge >= 0.3 is 0 Å². The quantitative estimate of drug-likeness (QED) is 0.365.